The molecule has 1 aromatic rings. The third-order valence-electron chi connectivity index (χ3n) is 3.24. The fraction of sp³-hybridized carbons (Fsp3) is 0.500. The summed E-state index contributed by atoms with van der Waals surface area (Å²) in [6.45, 7) is 2.09. The minimum atomic E-state index is -0.938. The van der Waals surface area contributed by atoms with Crippen molar-refractivity contribution >= 4 is 17.7 Å². The van der Waals surface area contributed by atoms with Gasteiger partial charge in [0.1, 0.15) is 11.3 Å². The molecule has 1 aliphatic heterocycles. The first-order valence-corrected chi connectivity index (χ1v) is 7.55. The maximum absolute atomic E-state index is 11.3. The van der Waals surface area contributed by atoms with Crippen molar-refractivity contribution in [3.63, 3.8) is 0 Å². The van der Waals surface area contributed by atoms with Crippen LogP contribution in [-0.4, -0.2) is 37.2 Å². The van der Waals surface area contributed by atoms with E-state index in [1.807, 2.05) is 12.3 Å². The molecule has 0 spiro atoms. The van der Waals surface area contributed by atoms with E-state index >= 15 is 0 Å². The number of thioether (sulfide) groups is 1. The van der Waals surface area contributed by atoms with Gasteiger partial charge < -0.3 is 14.6 Å². The van der Waals surface area contributed by atoms with Crippen LogP contribution in [0.3, 0.4) is 0 Å². The van der Waals surface area contributed by atoms with E-state index in [-0.39, 0.29) is 5.56 Å². The van der Waals surface area contributed by atoms with E-state index in [2.05, 4.69) is 0 Å². The van der Waals surface area contributed by atoms with Crippen LogP contribution < -0.4 is 4.74 Å². The van der Waals surface area contributed by atoms with Crippen LogP contribution in [0.4, 0.5) is 0 Å². The Morgan fingerprint density at radius 1 is 1.47 bits per heavy atom. The zero-order valence-electron chi connectivity index (χ0n) is 10.9. The molecule has 0 bridgehead atoms. The predicted octanol–water partition coefficient (Wildman–Crippen LogP) is 2.91. The third kappa shape index (κ3) is 3.64. The summed E-state index contributed by atoms with van der Waals surface area (Å²) in [5.74, 6) is -0.0221. The summed E-state index contributed by atoms with van der Waals surface area (Å²) in [6.07, 6.45) is 3.82. The molecule has 0 aliphatic carbocycles. The monoisotopic (exact) mass is 282 g/mol. The van der Waals surface area contributed by atoms with Crippen LogP contribution in [0.5, 0.6) is 5.75 Å². The largest absolute Gasteiger partial charge is 0.492 e. The highest BCUT2D eigenvalue weighted by Crippen LogP contribution is 2.29. The first-order valence-electron chi connectivity index (χ1n) is 6.33. The number of hydrogen-bond donors (Lipinski definition) is 1. The Labute approximate surface area is 117 Å². The molecule has 1 aromatic carbocycles. The molecule has 0 amide bonds. The number of hydrogen-bond acceptors (Lipinski definition) is 4. The lowest BCUT2D eigenvalue weighted by Gasteiger charge is -2.22. The highest BCUT2D eigenvalue weighted by molar-refractivity contribution is 7.98. The summed E-state index contributed by atoms with van der Waals surface area (Å²) in [7, 11) is 0. The SMILES string of the molecule is CSc1cccc(OCC2CCOCC2)c1C(=O)O. The van der Waals surface area contributed by atoms with Crippen molar-refractivity contribution in [3.05, 3.63) is 23.8 Å². The molecule has 2 rings (SSSR count). The maximum Gasteiger partial charge on any atom is 0.340 e. The molecule has 0 radical (unpaired) electrons. The van der Waals surface area contributed by atoms with E-state index in [1.165, 1.54) is 11.8 Å². The second-order valence-corrected chi connectivity index (χ2v) is 5.35. The van der Waals surface area contributed by atoms with Gasteiger partial charge in [0.15, 0.2) is 0 Å². The van der Waals surface area contributed by atoms with E-state index in [4.69, 9.17) is 9.47 Å². The van der Waals surface area contributed by atoms with Crippen LogP contribution in [0.25, 0.3) is 0 Å². The molecule has 19 heavy (non-hydrogen) atoms. The van der Waals surface area contributed by atoms with Gasteiger partial charge in [-0.15, -0.1) is 11.8 Å². The summed E-state index contributed by atoms with van der Waals surface area (Å²) in [5, 5.41) is 9.30. The topological polar surface area (TPSA) is 55.8 Å². The summed E-state index contributed by atoms with van der Waals surface area (Å²) in [5.41, 5.74) is 0.266. The zero-order chi connectivity index (χ0) is 13.7. The van der Waals surface area contributed by atoms with Gasteiger partial charge >= 0.3 is 5.97 Å². The van der Waals surface area contributed by atoms with Crippen molar-refractivity contribution in [2.24, 2.45) is 5.92 Å². The quantitative estimate of drug-likeness (QED) is 0.842. The first-order chi connectivity index (χ1) is 9.22. The lowest BCUT2D eigenvalue weighted by molar-refractivity contribution is 0.0489. The second-order valence-electron chi connectivity index (χ2n) is 4.51. The Bertz CT molecular complexity index is 441. The number of ether oxygens (including phenoxy) is 2. The van der Waals surface area contributed by atoms with Gasteiger partial charge in [-0.3, -0.25) is 0 Å². The molecule has 1 fully saturated rings. The molecule has 104 valence electrons. The summed E-state index contributed by atoms with van der Waals surface area (Å²) < 4.78 is 11.0. The fourth-order valence-electron chi connectivity index (χ4n) is 2.13. The van der Waals surface area contributed by atoms with Crippen molar-refractivity contribution < 1.29 is 19.4 Å². The van der Waals surface area contributed by atoms with E-state index in [1.54, 1.807) is 12.1 Å². The van der Waals surface area contributed by atoms with Crippen LogP contribution in [0, 0.1) is 5.92 Å². The lowest BCUT2D eigenvalue weighted by Crippen LogP contribution is -2.22. The average Bonchev–Trinajstić information content (AvgIpc) is 2.45. The van der Waals surface area contributed by atoms with Gasteiger partial charge in [0.2, 0.25) is 0 Å². The fourth-order valence-corrected chi connectivity index (χ4v) is 2.74. The van der Waals surface area contributed by atoms with E-state index < -0.39 is 5.97 Å². The Hall–Kier alpha value is -1.20. The minimum absolute atomic E-state index is 0.266. The Morgan fingerprint density at radius 2 is 2.21 bits per heavy atom. The molecular weight excluding hydrogens is 264 g/mol. The number of aromatic carboxylic acids is 1. The molecule has 4 nitrogen and oxygen atoms in total. The van der Waals surface area contributed by atoms with Crippen LogP contribution in [-0.2, 0) is 4.74 Å². The Kier molecular flexibility index (Phi) is 5.10. The first kappa shape index (κ1) is 14.2. The van der Waals surface area contributed by atoms with Crippen LogP contribution in [0.1, 0.15) is 23.2 Å². The van der Waals surface area contributed by atoms with Gasteiger partial charge in [-0.2, -0.15) is 0 Å². The number of carboxylic acid groups (broad SMARTS) is 1. The van der Waals surface area contributed by atoms with Crippen molar-refractivity contribution in [2.45, 2.75) is 17.7 Å². The van der Waals surface area contributed by atoms with E-state index in [9.17, 15) is 9.90 Å². The van der Waals surface area contributed by atoms with Gasteiger partial charge in [-0.1, -0.05) is 6.07 Å². The second kappa shape index (κ2) is 6.82. The Balaban J connectivity index is 2.08. The zero-order valence-corrected chi connectivity index (χ0v) is 11.7. The molecule has 1 aliphatic rings. The van der Waals surface area contributed by atoms with Crippen molar-refractivity contribution in [2.75, 3.05) is 26.1 Å². The lowest BCUT2D eigenvalue weighted by atomic mass is 10.0. The smallest absolute Gasteiger partial charge is 0.340 e. The standard InChI is InChI=1S/C14H18O4S/c1-19-12-4-2-3-11(13(12)14(15)16)18-9-10-5-7-17-8-6-10/h2-4,10H,5-9H2,1H3,(H,15,16). The maximum atomic E-state index is 11.3. The van der Waals surface area contributed by atoms with Gasteiger partial charge in [-0.25, -0.2) is 4.79 Å². The minimum Gasteiger partial charge on any atom is -0.492 e. The van der Waals surface area contributed by atoms with Crippen molar-refractivity contribution in [3.8, 4) is 5.75 Å². The predicted molar refractivity (Wildman–Crippen MR) is 74.2 cm³/mol. The molecule has 5 heteroatoms. The Morgan fingerprint density at radius 3 is 2.84 bits per heavy atom. The molecule has 0 atom stereocenters. The van der Waals surface area contributed by atoms with Crippen molar-refractivity contribution in [1.82, 2.24) is 0 Å². The highest BCUT2D eigenvalue weighted by Gasteiger charge is 2.19. The van der Waals surface area contributed by atoms with Crippen LogP contribution in [0.2, 0.25) is 0 Å². The molecule has 0 saturated carbocycles. The normalized spacial score (nSPS) is 16.3. The molecule has 1 heterocycles. The van der Waals surface area contributed by atoms with E-state index in [0.717, 1.165) is 31.0 Å². The summed E-state index contributed by atoms with van der Waals surface area (Å²) >= 11 is 1.42. The van der Waals surface area contributed by atoms with Gasteiger partial charge in [0, 0.05) is 18.1 Å². The summed E-state index contributed by atoms with van der Waals surface area (Å²) in [6, 6.07) is 5.36. The number of rotatable bonds is 5. The molecule has 1 saturated heterocycles. The molecule has 0 unspecified atom stereocenters. The highest BCUT2D eigenvalue weighted by atomic mass is 32.2. The molecule has 1 N–H and O–H groups in total. The number of carbonyl (C=O) groups is 1. The molecular formula is C14H18O4S. The van der Waals surface area contributed by atoms with Crippen LogP contribution in [0.15, 0.2) is 23.1 Å². The van der Waals surface area contributed by atoms with Gasteiger partial charge in [0.05, 0.1) is 6.61 Å². The van der Waals surface area contributed by atoms with E-state index in [0.29, 0.717) is 18.3 Å². The number of benzene rings is 1. The van der Waals surface area contributed by atoms with Gasteiger partial charge in [0.25, 0.3) is 0 Å². The van der Waals surface area contributed by atoms with Gasteiger partial charge in [-0.05, 0) is 37.1 Å². The van der Waals surface area contributed by atoms with Crippen molar-refractivity contribution in [1.29, 1.82) is 0 Å². The number of carboxylic acids is 1. The summed E-state index contributed by atoms with van der Waals surface area (Å²) in [4.78, 5) is 12.1. The van der Waals surface area contributed by atoms with Crippen LogP contribution >= 0.6 is 11.8 Å². The average molecular weight is 282 g/mol. The molecule has 0 aromatic heterocycles. The third-order valence-corrected chi connectivity index (χ3v) is 4.02.